The van der Waals surface area contributed by atoms with E-state index < -0.39 is 0 Å². The molecule has 2 N–H and O–H groups in total. The summed E-state index contributed by atoms with van der Waals surface area (Å²) in [7, 11) is 0. The highest BCUT2D eigenvalue weighted by atomic mass is 19.1. The number of aromatic nitrogens is 1. The summed E-state index contributed by atoms with van der Waals surface area (Å²) in [4.78, 5) is 3.19. The SMILES string of the molecule is Cc1c(F)cccc1NCc1cccc2[nH]ccc12. The van der Waals surface area contributed by atoms with Crippen LogP contribution in [0.1, 0.15) is 11.1 Å². The zero-order valence-corrected chi connectivity index (χ0v) is 10.7. The highest BCUT2D eigenvalue weighted by molar-refractivity contribution is 5.83. The Balaban J connectivity index is 1.86. The lowest BCUT2D eigenvalue weighted by Gasteiger charge is -2.10. The van der Waals surface area contributed by atoms with E-state index in [0.29, 0.717) is 12.1 Å². The maximum atomic E-state index is 13.5. The number of halogens is 1. The Kier molecular flexibility index (Phi) is 2.95. The van der Waals surface area contributed by atoms with E-state index >= 15 is 0 Å². The van der Waals surface area contributed by atoms with Crippen molar-refractivity contribution in [1.29, 1.82) is 0 Å². The second kappa shape index (κ2) is 4.76. The molecule has 3 heteroatoms. The van der Waals surface area contributed by atoms with Gasteiger partial charge in [0.25, 0.3) is 0 Å². The summed E-state index contributed by atoms with van der Waals surface area (Å²) >= 11 is 0. The van der Waals surface area contributed by atoms with Gasteiger partial charge >= 0.3 is 0 Å². The fourth-order valence-corrected chi connectivity index (χ4v) is 2.29. The van der Waals surface area contributed by atoms with Crippen molar-refractivity contribution >= 4 is 16.6 Å². The predicted octanol–water partition coefficient (Wildman–Crippen LogP) is 4.23. The summed E-state index contributed by atoms with van der Waals surface area (Å²) in [5.74, 6) is -0.176. The Morgan fingerprint density at radius 2 is 1.95 bits per heavy atom. The van der Waals surface area contributed by atoms with Crippen LogP contribution in [-0.2, 0) is 6.54 Å². The third-order valence-electron chi connectivity index (χ3n) is 3.42. The van der Waals surface area contributed by atoms with E-state index in [1.165, 1.54) is 17.0 Å². The summed E-state index contributed by atoms with van der Waals surface area (Å²) in [5, 5.41) is 4.50. The van der Waals surface area contributed by atoms with Crippen molar-refractivity contribution in [2.24, 2.45) is 0 Å². The fraction of sp³-hybridized carbons (Fsp3) is 0.125. The highest BCUT2D eigenvalue weighted by Crippen LogP contribution is 2.21. The largest absolute Gasteiger partial charge is 0.381 e. The number of benzene rings is 2. The molecular weight excluding hydrogens is 239 g/mol. The molecule has 0 unspecified atom stereocenters. The first-order valence-electron chi connectivity index (χ1n) is 6.29. The summed E-state index contributed by atoms with van der Waals surface area (Å²) in [6.07, 6.45) is 1.93. The molecule has 0 spiro atoms. The van der Waals surface area contributed by atoms with Gasteiger partial charge in [0.15, 0.2) is 0 Å². The van der Waals surface area contributed by atoms with Crippen molar-refractivity contribution in [2.45, 2.75) is 13.5 Å². The van der Waals surface area contributed by atoms with E-state index in [1.807, 2.05) is 24.4 Å². The Labute approximate surface area is 111 Å². The van der Waals surface area contributed by atoms with Crippen molar-refractivity contribution in [3.8, 4) is 0 Å². The smallest absolute Gasteiger partial charge is 0.128 e. The Morgan fingerprint density at radius 3 is 2.84 bits per heavy atom. The molecule has 1 heterocycles. The van der Waals surface area contributed by atoms with Gasteiger partial charge in [0, 0.05) is 34.9 Å². The monoisotopic (exact) mass is 254 g/mol. The molecule has 96 valence electrons. The molecule has 0 aliphatic heterocycles. The number of H-pyrrole nitrogens is 1. The number of aromatic amines is 1. The van der Waals surface area contributed by atoms with Crippen molar-refractivity contribution in [1.82, 2.24) is 4.98 Å². The molecule has 1 aromatic heterocycles. The number of hydrogen-bond donors (Lipinski definition) is 2. The molecule has 0 fully saturated rings. The van der Waals surface area contributed by atoms with E-state index in [9.17, 15) is 4.39 Å². The van der Waals surface area contributed by atoms with Crippen LogP contribution in [0.5, 0.6) is 0 Å². The van der Waals surface area contributed by atoms with Gasteiger partial charge in [0.2, 0.25) is 0 Å². The lowest BCUT2D eigenvalue weighted by molar-refractivity contribution is 0.619. The van der Waals surface area contributed by atoms with Crippen LogP contribution in [0.2, 0.25) is 0 Å². The number of rotatable bonds is 3. The Morgan fingerprint density at radius 1 is 1.11 bits per heavy atom. The predicted molar refractivity (Wildman–Crippen MR) is 76.8 cm³/mol. The van der Waals surface area contributed by atoms with Crippen molar-refractivity contribution in [3.63, 3.8) is 0 Å². The van der Waals surface area contributed by atoms with E-state index in [2.05, 4.69) is 22.4 Å². The molecule has 0 atom stereocenters. The third kappa shape index (κ3) is 2.19. The van der Waals surface area contributed by atoms with Gasteiger partial charge in [0.05, 0.1) is 0 Å². The van der Waals surface area contributed by atoms with Gasteiger partial charge < -0.3 is 10.3 Å². The number of nitrogens with one attached hydrogen (secondary N) is 2. The molecule has 2 aromatic carbocycles. The molecule has 3 aromatic rings. The first-order valence-corrected chi connectivity index (χ1v) is 6.29. The summed E-state index contributed by atoms with van der Waals surface area (Å²) in [5.41, 5.74) is 3.81. The first kappa shape index (κ1) is 11.8. The zero-order valence-electron chi connectivity index (χ0n) is 10.7. The lowest BCUT2D eigenvalue weighted by atomic mass is 10.1. The van der Waals surface area contributed by atoms with Crippen LogP contribution in [0.15, 0.2) is 48.7 Å². The minimum atomic E-state index is -0.176. The number of anilines is 1. The van der Waals surface area contributed by atoms with Crippen molar-refractivity contribution < 1.29 is 4.39 Å². The van der Waals surface area contributed by atoms with Crippen LogP contribution < -0.4 is 5.32 Å². The Hall–Kier alpha value is -2.29. The maximum absolute atomic E-state index is 13.5. The van der Waals surface area contributed by atoms with Crippen LogP contribution >= 0.6 is 0 Å². The molecule has 2 nitrogen and oxygen atoms in total. The van der Waals surface area contributed by atoms with Gasteiger partial charge in [-0.05, 0) is 36.8 Å². The van der Waals surface area contributed by atoms with E-state index in [1.54, 1.807) is 13.0 Å². The van der Waals surface area contributed by atoms with E-state index in [0.717, 1.165) is 11.2 Å². The molecule has 19 heavy (non-hydrogen) atoms. The minimum absolute atomic E-state index is 0.176. The van der Waals surface area contributed by atoms with Gasteiger partial charge in [-0.3, -0.25) is 0 Å². The second-order valence-electron chi connectivity index (χ2n) is 4.62. The van der Waals surface area contributed by atoms with Crippen LogP contribution in [0.3, 0.4) is 0 Å². The summed E-state index contributed by atoms with van der Waals surface area (Å²) in [6, 6.07) is 13.3. The molecule has 0 radical (unpaired) electrons. The first-order chi connectivity index (χ1) is 9.25. The molecule has 0 aliphatic carbocycles. The molecule has 0 amide bonds. The van der Waals surface area contributed by atoms with Crippen molar-refractivity contribution in [3.05, 3.63) is 65.6 Å². The van der Waals surface area contributed by atoms with Gasteiger partial charge in [0.1, 0.15) is 5.82 Å². The van der Waals surface area contributed by atoms with Crippen LogP contribution in [-0.4, -0.2) is 4.98 Å². The summed E-state index contributed by atoms with van der Waals surface area (Å²) in [6.45, 7) is 2.47. The minimum Gasteiger partial charge on any atom is -0.381 e. The van der Waals surface area contributed by atoms with Gasteiger partial charge in [-0.2, -0.15) is 0 Å². The lowest BCUT2D eigenvalue weighted by Crippen LogP contribution is -2.02. The molecule has 0 saturated heterocycles. The second-order valence-corrected chi connectivity index (χ2v) is 4.62. The normalized spacial score (nSPS) is 10.8. The number of fused-ring (bicyclic) bond motifs is 1. The standard InChI is InChI=1S/C16H15FN2/c1-11-14(17)5-3-6-15(11)19-10-12-4-2-7-16-13(12)8-9-18-16/h2-9,18-19H,10H2,1H3. The van der Waals surface area contributed by atoms with Crippen molar-refractivity contribution in [2.75, 3.05) is 5.32 Å². The number of hydrogen-bond acceptors (Lipinski definition) is 1. The average molecular weight is 254 g/mol. The maximum Gasteiger partial charge on any atom is 0.128 e. The Bertz CT molecular complexity index is 716. The van der Waals surface area contributed by atoms with Gasteiger partial charge in [-0.15, -0.1) is 0 Å². The average Bonchev–Trinajstić information content (AvgIpc) is 2.89. The highest BCUT2D eigenvalue weighted by Gasteiger charge is 2.05. The zero-order chi connectivity index (χ0) is 13.2. The fourth-order valence-electron chi connectivity index (χ4n) is 2.29. The van der Waals surface area contributed by atoms with E-state index in [4.69, 9.17) is 0 Å². The van der Waals surface area contributed by atoms with Crippen LogP contribution in [0, 0.1) is 12.7 Å². The van der Waals surface area contributed by atoms with Gasteiger partial charge in [-0.25, -0.2) is 4.39 Å². The topological polar surface area (TPSA) is 27.8 Å². The molecule has 0 aliphatic rings. The molecule has 3 rings (SSSR count). The van der Waals surface area contributed by atoms with Crippen LogP contribution in [0.4, 0.5) is 10.1 Å². The molecular formula is C16H15FN2. The van der Waals surface area contributed by atoms with E-state index in [-0.39, 0.29) is 5.82 Å². The van der Waals surface area contributed by atoms with Gasteiger partial charge in [-0.1, -0.05) is 18.2 Å². The summed E-state index contributed by atoms with van der Waals surface area (Å²) < 4.78 is 13.5. The third-order valence-corrected chi connectivity index (χ3v) is 3.42. The quantitative estimate of drug-likeness (QED) is 0.719. The van der Waals surface area contributed by atoms with Crippen LogP contribution in [0.25, 0.3) is 10.9 Å². The molecule has 0 bridgehead atoms. The molecule has 0 saturated carbocycles.